The van der Waals surface area contributed by atoms with Gasteiger partial charge < -0.3 is 14.6 Å². The Bertz CT molecular complexity index is 523. The topological polar surface area (TPSA) is 45.5 Å². The second-order valence-corrected chi connectivity index (χ2v) is 5.14. The van der Waals surface area contributed by atoms with Crippen LogP contribution in [0.1, 0.15) is 11.3 Å². The fourth-order valence-corrected chi connectivity index (χ4v) is 1.91. The molecule has 5 heteroatoms. The van der Waals surface area contributed by atoms with Crippen LogP contribution in [0.2, 0.25) is 0 Å². The van der Waals surface area contributed by atoms with Crippen LogP contribution in [-0.2, 0) is 13.1 Å². The highest BCUT2D eigenvalue weighted by Crippen LogP contribution is 2.11. The maximum Gasteiger partial charge on any atom is 0.317 e. The molecule has 0 saturated heterocycles. The molecule has 0 aliphatic carbocycles. The largest absolute Gasteiger partial charge is 0.467 e. The molecule has 0 aliphatic rings. The maximum atomic E-state index is 11.9. The molecule has 0 fully saturated rings. The second-order valence-electron chi connectivity index (χ2n) is 4.22. The van der Waals surface area contributed by atoms with Gasteiger partial charge in [-0.25, -0.2) is 4.79 Å². The first kappa shape index (κ1) is 13.7. The number of furan rings is 1. The molecule has 0 unspecified atom stereocenters. The van der Waals surface area contributed by atoms with E-state index in [0.29, 0.717) is 13.1 Å². The minimum atomic E-state index is -0.126. The van der Waals surface area contributed by atoms with Crippen LogP contribution in [0.25, 0.3) is 0 Å². The van der Waals surface area contributed by atoms with Gasteiger partial charge in [0.1, 0.15) is 5.76 Å². The van der Waals surface area contributed by atoms with Gasteiger partial charge in [-0.1, -0.05) is 28.1 Å². The van der Waals surface area contributed by atoms with Gasteiger partial charge in [-0.2, -0.15) is 0 Å². The van der Waals surface area contributed by atoms with Crippen LogP contribution in [0.4, 0.5) is 4.79 Å². The summed E-state index contributed by atoms with van der Waals surface area (Å²) in [5.74, 6) is 0.741. The highest BCUT2D eigenvalue weighted by molar-refractivity contribution is 9.10. The van der Waals surface area contributed by atoms with E-state index in [9.17, 15) is 4.79 Å². The minimum Gasteiger partial charge on any atom is -0.467 e. The van der Waals surface area contributed by atoms with Crippen LogP contribution >= 0.6 is 15.9 Å². The molecule has 1 N–H and O–H groups in total. The van der Waals surface area contributed by atoms with Crippen molar-refractivity contribution >= 4 is 22.0 Å². The van der Waals surface area contributed by atoms with E-state index in [2.05, 4.69) is 21.2 Å². The van der Waals surface area contributed by atoms with Gasteiger partial charge in [0.2, 0.25) is 0 Å². The first-order valence-electron chi connectivity index (χ1n) is 5.91. The molecule has 1 heterocycles. The van der Waals surface area contributed by atoms with Crippen molar-refractivity contribution in [3.05, 3.63) is 58.5 Å². The lowest BCUT2D eigenvalue weighted by Crippen LogP contribution is -2.36. The van der Waals surface area contributed by atoms with Crippen molar-refractivity contribution in [2.75, 3.05) is 7.05 Å². The predicted molar refractivity (Wildman–Crippen MR) is 76.6 cm³/mol. The summed E-state index contributed by atoms with van der Waals surface area (Å²) < 4.78 is 6.19. The van der Waals surface area contributed by atoms with Crippen LogP contribution in [0.5, 0.6) is 0 Å². The Hall–Kier alpha value is -1.75. The van der Waals surface area contributed by atoms with Gasteiger partial charge in [-0.3, -0.25) is 0 Å². The smallest absolute Gasteiger partial charge is 0.317 e. The van der Waals surface area contributed by atoms with E-state index in [1.807, 2.05) is 30.3 Å². The van der Waals surface area contributed by atoms with Crippen molar-refractivity contribution < 1.29 is 9.21 Å². The number of benzene rings is 1. The molecule has 0 saturated carbocycles. The maximum absolute atomic E-state index is 11.9. The molecule has 1 aromatic carbocycles. The predicted octanol–water partition coefficient (Wildman–Crippen LogP) is 3.38. The number of hydrogen-bond donors (Lipinski definition) is 1. The van der Waals surface area contributed by atoms with Crippen molar-refractivity contribution in [1.29, 1.82) is 0 Å². The summed E-state index contributed by atoms with van der Waals surface area (Å²) >= 11 is 3.38. The lowest BCUT2D eigenvalue weighted by molar-refractivity contribution is 0.205. The standard InChI is InChI=1S/C14H15BrN2O2/c1-17(10-11-4-6-12(15)7-5-11)14(18)16-9-13-3-2-8-19-13/h2-8H,9-10H2,1H3,(H,16,18). The molecular formula is C14H15BrN2O2. The Labute approximate surface area is 120 Å². The summed E-state index contributed by atoms with van der Waals surface area (Å²) in [6.07, 6.45) is 1.59. The molecule has 2 aromatic rings. The van der Waals surface area contributed by atoms with E-state index >= 15 is 0 Å². The first-order valence-corrected chi connectivity index (χ1v) is 6.70. The van der Waals surface area contributed by atoms with Gasteiger partial charge in [-0.15, -0.1) is 0 Å². The van der Waals surface area contributed by atoms with Gasteiger partial charge in [-0.05, 0) is 29.8 Å². The van der Waals surface area contributed by atoms with Crippen molar-refractivity contribution in [1.82, 2.24) is 10.2 Å². The fraction of sp³-hybridized carbons (Fsp3) is 0.214. The second kappa shape index (κ2) is 6.43. The summed E-state index contributed by atoms with van der Waals surface area (Å²) in [6.45, 7) is 0.966. The normalized spacial score (nSPS) is 10.2. The highest BCUT2D eigenvalue weighted by Gasteiger charge is 2.09. The van der Waals surface area contributed by atoms with Crippen LogP contribution in [0, 0.1) is 0 Å². The molecule has 0 atom stereocenters. The van der Waals surface area contributed by atoms with E-state index in [4.69, 9.17) is 4.42 Å². The van der Waals surface area contributed by atoms with Crippen LogP contribution in [0.15, 0.2) is 51.6 Å². The van der Waals surface area contributed by atoms with E-state index < -0.39 is 0 Å². The van der Waals surface area contributed by atoms with E-state index in [-0.39, 0.29) is 6.03 Å². The van der Waals surface area contributed by atoms with Crippen molar-refractivity contribution in [3.63, 3.8) is 0 Å². The SMILES string of the molecule is CN(Cc1ccc(Br)cc1)C(=O)NCc1ccco1. The Morgan fingerprint density at radius 2 is 2.05 bits per heavy atom. The summed E-state index contributed by atoms with van der Waals surface area (Å²) in [5, 5.41) is 2.80. The zero-order valence-electron chi connectivity index (χ0n) is 10.6. The molecule has 100 valence electrons. The van der Waals surface area contributed by atoms with Crippen LogP contribution in [0.3, 0.4) is 0 Å². The summed E-state index contributed by atoms with van der Waals surface area (Å²) in [4.78, 5) is 13.5. The number of nitrogens with one attached hydrogen (secondary N) is 1. The Morgan fingerprint density at radius 3 is 2.68 bits per heavy atom. The number of amides is 2. The number of rotatable bonds is 4. The number of halogens is 1. The lowest BCUT2D eigenvalue weighted by Gasteiger charge is -2.17. The van der Waals surface area contributed by atoms with E-state index in [0.717, 1.165) is 15.8 Å². The molecule has 1 aromatic heterocycles. The number of carbonyl (C=O) groups is 1. The van der Waals surface area contributed by atoms with E-state index in [1.165, 1.54) is 0 Å². The highest BCUT2D eigenvalue weighted by atomic mass is 79.9. The van der Waals surface area contributed by atoms with Gasteiger partial charge in [0, 0.05) is 18.1 Å². The molecule has 2 amide bonds. The molecule has 0 aliphatic heterocycles. The zero-order valence-corrected chi connectivity index (χ0v) is 12.2. The fourth-order valence-electron chi connectivity index (χ4n) is 1.65. The molecule has 0 radical (unpaired) electrons. The molecule has 2 rings (SSSR count). The first-order chi connectivity index (χ1) is 9.15. The van der Waals surface area contributed by atoms with Gasteiger partial charge in [0.25, 0.3) is 0 Å². The quantitative estimate of drug-likeness (QED) is 0.937. The average Bonchev–Trinajstić information content (AvgIpc) is 2.91. The lowest BCUT2D eigenvalue weighted by atomic mass is 10.2. The number of hydrogen-bond acceptors (Lipinski definition) is 2. The van der Waals surface area contributed by atoms with Gasteiger partial charge >= 0.3 is 6.03 Å². The summed E-state index contributed by atoms with van der Waals surface area (Å²) in [5.41, 5.74) is 1.08. The molecule has 19 heavy (non-hydrogen) atoms. The minimum absolute atomic E-state index is 0.126. The van der Waals surface area contributed by atoms with E-state index in [1.54, 1.807) is 24.3 Å². The van der Waals surface area contributed by atoms with Crippen molar-refractivity contribution in [3.8, 4) is 0 Å². The third kappa shape index (κ3) is 4.13. The molecule has 0 bridgehead atoms. The third-order valence-electron chi connectivity index (χ3n) is 2.67. The van der Waals surface area contributed by atoms with Crippen molar-refractivity contribution in [2.45, 2.75) is 13.1 Å². The summed E-state index contributed by atoms with van der Waals surface area (Å²) in [6, 6.07) is 11.4. The van der Waals surface area contributed by atoms with Crippen LogP contribution < -0.4 is 5.32 Å². The molecular weight excluding hydrogens is 308 g/mol. The van der Waals surface area contributed by atoms with Crippen LogP contribution in [-0.4, -0.2) is 18.0 Å². The summed E-state index contributed by atoms with van der Waals surface area (Å²) in [7, 11) is 1.76. The number of nitrogens with zero attached hydrogens (tertiary/aromatic N) is 1. The van der Waals surface area contributed by atoms with Gasteiger partial charge in [0.15, 0.2) is 0 Å². The average molecular weight is 323 g/mol. The zero-order chi connectivity index (χ0) is 13.7. The number of carbonyl (C=O) groups excluding carboxylic acids is 1. The number of urea groups is 1. The Balaban J connectivity index is 1.83. The third-order valence-corrected chi connectivity index (χ3v) is 3.20. The van der Waals surface area contributed by atoms with Crippen molar-refractivity contribution in [2.24, 2.45) is 0 Å². The molecule has 0 spiro atoms. The Kier molecular flexibility index (Phi) is 4.63. The monoisotopic (exact) mass is 322 g/mol. The Morgan fingerprint density at radius 1 is 1.32 bits per heavy atom. The van der Waals surface area contributed by atoms with Gasteiger partial charge in [0.05, 0.1) is 12.8 Å². The molecule has 4 nitrogen and oxygen atoms in total.